The van der Waals surface area contributed by atoms with Crippen molar-refractivity contribution in [3.8, 4) is 6.07 Å². The lowest BCUT2D eigenvalue weighted by atomic mass is 10.2. The molecule has 0 bridgehead atoms. The number of benzene rings is 1. The molecule has 3 aromatic rings. The van der Waals surface area contributed by atoms with Gasteiger partial charge in [-0.05, 0) is 33.0 Å². The van der Waals surface area contributed by atoms with E-state index >= 15 is 0 Å². The molecule has 33 heavy (non-hydrogen) atoms. The number of nitriles is 1. The average molecular weight is 485 g/mol. The number of esters is 1. The van der Waals surface area contributed by atoms with E-state index in [4.69, 9.17) is 10.5 Å². The van der Waals surface area contributed by atoms with Gasteiger partial charge in [0.05, 0.1) is 24.8 Å². The number of nitrogen functional groups attached to an aromatic ring is 1. The fourth-order valence-corrected chi connectivity index (χ4v) is 5.59. The van der Waals surface area contributed by atoms with Gasteiger partial charge in [0.15, 0.2) is 11.0 Å². The van der Waals surface area contributed by atoms with Crippen molar-refractivity contribution in [2.75, 3.05) is 26.4 Å². The summed E-state index contributed by atoms with van der Waals surface area (Å²) in [5.74, 6) is 0.775. The summed E-state index contributed by atoms with van der Waals surface area (Å²) >= 11 is 2.53. The zero-order valence-corrected chi connectivity index (χ0v) is 20.9. The van der Waals surface area contributed by atoms with Gasteiger partial charge in [-0.2, -0.15) is 5.26 Å². The quantitative estimate of drug-likeness (QED) is 0.335. The summed E-state index contributed by atoms with van der Waals surface area (Å²) in [7, 11) is 4.06. The standard InChI is InChI=1S/C23H28N6O2S2/c1-5-18(28(3)4)21-26-27-23(29(21)13-15-10-8-7-9-11-15)32-14-17-16(12-24)20(25)33-19(17)22(30)31-6-2/h7-11,18H,5-6,13-14,25H2,1-4H3. The summed E-state index contributed by atoms with van der Waals surface area (Å²) in [5, 5.41) is 19.7. The third-order valence-corrected chi connectivity index (χ3v) is 7.22. The Bertz CT molecular complexity index is 1130. The van der Waals surface area contributed by atoms with Crippen LogP contribution in [0.2, 0.25) is 0 Å². The Balaban J connectivity index is 1.97. The maximum Gasteiger partial charge on any atom is 0.348 e. The Morgan fingerprint density at radius 2 is 2.03 bits per heavy atom. The molecule has 0 saturated carbocycles. The maximum atomic E-state index is 12.4. The lowest BCUT2D eigenvalue weighted by molar-refractivity contribution is 0.0531. The van der Waals surface area contributed by atoms with E-state index in [0.29, 0.717) is 33.3 Å². The summed E-state index contributed by atoms with van der Waals surface area (Å²) in [4.78, 5) is 14.9. The Morgan fingerprint density at radius 1 is 1.30 bits per heavy atom. The van der Waals surface area contributed by atoms with Gasteiger partial charge in [-0.15, -0.1) is 21.5 Å². The number of ether oxygens (including phenoxy) is 1. The van der Waals surface area contributed by atoms with Gasteiger partial charge in [0.1, 0.15) is 15.9 Å². The van der Waals surface area contributed by atoms with Crippen LogP contribution in [0.3, 0.4) is 0 Å². The molecule has 2 N–H and O–H groups in total. The molecule has 2 heterocycles. The van der Waals surface area contributed by atoms with E-state index in [1.807, 2.05) is 32.3 Å². The summed E-state index contributed by atoms with van der Waals surface area (Å²) in [5.41, 5.74) is 8.07. The van der Waals surface area contributed by atoms with Crippen molar-refractivity contribution in [2.45, 2.75) is 43.8 Å². The number of nitrogens with zero attached hydrogens (tertiary/aromatic N) is 5. The van der Waals surface area contributed by atoms with Gasteiger partial charge in [0.2, 0.25) is 0 Å². The Morgan fingerprint density at radius 3 is 2.64 bits per heavy atom. The number of thioether (sulfide) groups is 1. The first-order chi connectivity index (χ1) is 15.9. The zero-order valence-electron chi connectivity index (χ0n) is 19.2. The van der Waals surface area contributed by atoms with Crippen molar-refractivity contribution in [2.24, 2.45) is 0 Å². The molecule has 0 radical (unpaired) electrons. The highest BCUT2D eigenvalue weighted by atomic mass is 32.2. The molecule has 3 rings (SSSR count). The van der Waals surface area contributed by atoms with Crippen molar-refractivity contribution in [1.29, 1.82) is 5.26 Å². The van der Waals surface area contributed by atoms with E-state index < -0.39 is 5.97 Å². The molecular formula is C23H28N6O2S2. The lowest BCUT2D eigenvalue weighted by Gasteiger charge is -2.23. The summed E-state index contributed by atoms with van der Waals surface area (Å²) in [6.07, 6.45) is 0.886. The molecule has 2 aromatic heterocycles. The van der Waals surface area contributed by atoms with E-state index in [1.165, 1.54) is 11.8 Å². The maximum absolute atomic E-state index is 12.4. The number of aromatic nitrogens is 3. The molecule has 174 valence electrons. The van der Waals surface area contributed by atoms with Gasteiger partial charge >= 0.3 is 5.97 Å². The van der Waals surface area contributed by atoms with Crippen molar-refractivity contribution in [3.63, 3.8) is 0 Å². The van der Waals surface area contributed by atoms with Crippen molar-refractivity contribution in [1.82, 2.24) is 19.7 Å². The topological polar surface area (TPSA) is 110 Å². The summed E-state index contributed by atoms with van der Waals surface area (Å²) in [6, 6.07) is 12.4. The first kappa shape index (κ1) is 24.8. The minimum atomic E-state index is -0.462. The third-order valence-electron chi connectivity index (χ3n) is 5.19. The van der Waals surface area contributed by atoms with E-state index in [1.54, 1.807) is 6.92 Å². The number of hydrogen-bond acceptors (Lipinski definition) is 9. The molecule has 8 nitrogen and oxygen atoms in total. The molecule has 0 aliphatic heterocycles. The SMILES string of the molecule is CCOC(=O)c1sc(N)c(C#N)c1CSc1nnc(C(CC)N(C)C)n1Cc1ccccc1. The molecule has 1 aromatic carbocycles. The van der Waals surface area contributed by atoms with Gasteiger partial charge in [0, 0.05) is 11.3 Å². The highest BCUT2D eigenvalue weighted by molar-refractivity contribution is 7.98. The fraction of sp³-hybridized carbons (Fsp3) is 0.391. The van der Waals surface area contributed by atoms with Crippen molar-refractivity contribution < 1.29 is 9.53 Å². The third kappa shape index (κ3) is 5.55. The van der Waals surface area contributed by atoms with Crippen LogP contribution in [0, 0.1) is 11.3 Å². The number of thiophene rings is 1. The number of rotatable bonds is 10. The molecule has 0 aliphatic carbocycles. The second-order valence-electron chi connectivity index (χ2n) is 7.57. The van der Waals surface area contributed by atoms with E-state index in [-0.39, 0.29) is 12.6 Å². The minimum absolute atomic E-state index is 0.108. The Kier molecular flexibility index (Phi) is 8.49. The molecule has 0 saturated heterocycles. The number of carbonyl (C=O) groups is 1. The van der Waals surface area contributed by atoms with Crippen LogP contribution in [0.25, 0.3) is 0 Å². The lowest BCUT2D eigenvalue weighted by Crippen LogP contribution is -2.23. The normalized spacial score (nSPS) is 12.0. The minimum Gasteiger partial charge on any atom is -0.462 e. The largest absolute Gasteiger partial charge is 0.462 e. The molecule has 1 unspecified atom stereocenters. The second-order valence-corrected chi connectivity index (χ2v) is 9.56. The zero-order chi connectivity index (χ0) is 24.0. The Hall–Kier alpha value is -2.87. The molecule has 0 fully saturated rings. The van der Waals surface area contributed by atoms with Crippen molar-refractivity contribution in [3.05, 3.63) is 57.7 Å². The molecule has 1 atom stereocenters. The number of nitrogens with two attached hydrogens (primary N) is 1. The van der Waals surface area contributed by atoms with Gasteiger partial charge in [-0.3, -0.25) is 4.90 Å². The number of carbonyl (C=O) groups excluding carboxylic acids is 1. The van der Waals surface area contributed by atoms with Crippen molar-refractivity contribution >= 4 is 34.1 Å². The van der Waals surface area contributed by atoms with Gasteiger partial charge in [0.25, 0.3) is 0 Å². The van der Waals surface area contributed by atoms with Crippen LogP contribution in [0.5, 0.6) is 0 Å². The van der Waals surface area contributed by atoms with E-state index in [0.717, 1.165) is 34.3 Å². The highest BCUT2D eigenvalue weighted by Gasteiger charge is 2.26. The molecular weight excluding hydrogens is 456 g/mol. The molecule has 10 heteroatoms. The van der Waals surface area contributed by atoms with Gasteiger partial charge in [-0.1, -0.05) is 49.0 Å². The van der Waals surface area contributed by atoms with Crippen LogP contribution in [-0.2, 0) is 17.0 Å². The monoisotopic (exact) mass is 484 g/mol. The summed E-state index contributed by atoms with van der Waals surface area (Å²) < 4.78 is 7.28. The molecule has 0 aliphatic rings. The second kappa shape index (κ2) is 11.3. The number of anilines is 1. The molecule has 0 amide bonds. The predicted octanol–water partition coefficient (Wildman–Crippen LogP) is 4.32. The first-order valence-electron chi connectivity index (χ1n) is 10.7. The smallest absolute Gasteiger partial charge is 0.348 e. The average Bonchev–Trinajstić information content (AvgIpc) is 3.33. The van der Waals surface area contributed by atoms with E-state index in [2.05, 4.69) is 44.8 Å². The summed E-state index contributed by atoms with van der Waals surface area (Å²) in [6.45, 7) is 4.75. The van der Waals surface area contributed by atoms with Crippen LogP contribution in [0.15, 0.2) is 35.5 Å². The first-order valence-corrected chi connectivity index (χ1v) is 12.5. The van der Waals surface area contributed by atoms with Gasteiger partial charge < -0.3 is 15.0 Å². The highest BCUT2D eigenvalue weighted by Crippen LogP contribution is 2.36. The predicted molar refractivity (Wildman–Crippen MR) is 131 cm³/mol. The van der Waals surface area contributed by atoms with Gasteiger partial charge in [-0.25, -0.2) is 4.79 Å². The van der Waals surface area contributed by atoms with Crippen LogP contribution < -0.4 is 5.73 Å². The van der Waals surface area contributed by atoms with Crippen LogP contribution in [0.1, 0.15) is 58.5 Å². The van der Waals surface area contributed by atoms with E-state index in [9.17, 15) is 10.1 Å². The number of hydrogen-bond donors (Lipinski definition) is 1. The van der Waals surface area contributed by atoms with Crippen LogP contribution >= 0.6 is 23.1 Å². The fourth-order valence-electron chi connectivity index (χ4n) is 3.59. The van der Waals surface area contributed by atoms with Crippen LogP contribution in [0.4, 0.5) is 5.00 Å². The van der Waals surface area contributed by atoms with Crippen LogP contribution in [-0.4, -0.2) is 46.3 Å². The Labute approximate surface area is 202 Å². The molecule has 0 spiro atoms.